The third kappa shape index (κ3) is 2.22. The van der Waals surface area contributed by atoms with Gasteiger partial charge in [0, 0.05) is 29.3 Å². The lowest BCUT2D eigenvalue weighted by Gasteiger charge is -2.36. The van der Waals surface area contributed by atoms with Crippen molar-refractivity contribution in [2.45, 2.75) is 12.3 Å². The highest BCUT2D eigenvalue weighted by molar-refractivity contribution is 6.04. The smallest absolute Gasteiger partial charge is 0.336 e. The van der Waals surface area contributed by atoms with Crippen LogP contribution in [-0.4, -0.2) is 31.6 Å². The Bertz CT molecular complexity index is 818. The summed E-state index contributed by atoms with van der Waals surface area (Å²) in [5.41, 5.74) is 3.70. The normalized spacial score (nSPS) is 23.0. The van der Waals surface area contributed by atoms with Gasteiger partial charge in [-0.25, -0.2) is 4.79 Å². The lowest BCUT2D eigenvalue weighted by Crippen LogP contribution is -2.40. The predicted octanol–water partition coefficient (Wildman–Crippen LogP) is 1.30. The molecule has 0 radical (unpaired) electrons. The SMILES string of the molecule is N#Cc1cccc(C2C3=C(COCC3=O)NC3=C2C(=O)OCC3)c1. The van der Waals surface area contributed by atoms with Crippen LogP contribution in [0.25, 0.3) is 0 Å². The highest BCUT2D eigenvalue weighted by Crippen LogP contribution is 2.42. The van der Waals surface area contributed by atoms with E-state index in [9.17, 15) is 9.59 Å². The number of dihydropyridines is 1. The van der Waals surface area contributed by atoms with Crippen LogP contribution >= 0.6 is 0 Å². The highest BCUT2D eigenvalue weighted by Gasteiger charge is 2.41. The van der Waals surface area contributed by atoms with Crippen molar-refractivity contribution in [1.82, 2.24) is 5.32 Å². The Morgan fingerprint density at radius 3 is 2.88 bits per heavy atom. The summed E-state index contributed by atoms with van der Waals surface area (Å²) < 4.78 is 10.5. The van der Waals surface area contributed by atoms with Crippen LogP contribution in [0.2, 0.25) is 0 Å². The number of esters is 1. The predicted molar refractivity (Wildman–Crippen MR) is 82.5 cm³/mol. The number of nitriles is 1. The second-order valence-electron chi connectivity index (χ2n) is 5.88. The second kappa shape index (κ2) is 5.62. The van der Waals surface area contributed by atoms with Crippen molar-refractivity contribution in [3.8, 4) is 6.07 Å². The van der Waals surface area contributed by atoms with Crippen molar-refractivity contribution in [2.24, 2.45) is 0 Å². The summed E-state index contributed by atoms with van der Waals surface area (Å²) in [5.74, 6) is -1.09. The van der Waals surface area contributed by atoms with Gasteiger partial charge in [0.2, 0.25) is 0 Å². The molecular weight excluding hydrogens is 308 g/mol. The molecule has 0 aliphatic carbocycles. The quantitative estimate of drug-likeness (QED) is 0.784. The molecule has 0 saturated carbocycles. The average molecular weight is 322 g/mol. The van der Waals surface area contributed by atoms with Gasteiger partial charge in [0.05, 0.1) is 30.4 Å². The molecule has 3 aliphatic rings. The number of hydrogen-bond donors (Lipinski definition) is 1. The molecule has 0 saturated heterocycles. The molecule has 120 valence electrons. The molecule has 1 N–H and O–H groups in total. The first-order valence-corrected chi connectivity index (χ1v) is 7.70. The molecule has 0 spiro atoms. The molecule has 3 aliphatic heterocycles. The fourth-order valence-electron chi connectivity index (χ4n) is 3.46. The number of ether oxygens (including phenoxy) is 2. The minimum absolute atomic E-state index is 0.00733. The maximum Gasteiger partial charge on any atom is 0.336 e. The summed E-state index contributed by atoms with van der Waals surface area (Å²) in [5, 5.41) is 12.4. The van der Waals surface area contributed by atoms with E-state index >= 15 is 0 Å². The van der Waals surface area contributed by atoms with Crippen LogP contribution in [0.5, 0.6) is 0 Å². The van der Waals surface area contributed by atoms with Crippen molar-refractivity contribution in [3.63, 3.8) is 0 Å². The molecule has 4 rings (SSSR count). The minimum Gasteiger partial charge on any atom is -0.462 e. The topological polar surface area (TPSA) is 88.4 Å². The summed E-state index contributed by atoms with van der Waals surface area (Å²) >= 11 is 0. The summed E-state index contributed by atoms with van der Waals surface area (Å²) in [6.07, 6.45) is 0.570. The van der Waals surface area contributed by atoms with E-state index in [-0.39, 0.29) is 12.4 Å². The van der Waals surface area contributed by atoms with Crippen molar-refractivity contribution in [3.05, 3.63) is 57.9 Å². The van der Waals surface area contributed by atoms with Crippen molar-refractivity contribution in [2.75, 3.05) is 19.8 Å². The number of Topliss-reactive ketones (excluding diaryl/α,β-unsaturated/α-hetero) is 1. The van der Waals surface area contributed by atoms with E-state index in [4.69, 9.17) is 14.7 Å². The van der Waals surface area contributed by atoms with Crippen molar-refractivity contribution >= 4 is 11.8 Å². The molecule has 1 aromatic rings. The molecular formula is C18H14N2O4. The van der Waals surface area contributed by atoms with Gasteiger partial charge in [0.15, 0.2) is 5.78 Å². The molecule has 6 nitrogen and oxygen atoms in total. The Morgan fingerprint density at radius 1 is 1.17 bits per heavy atom. The second-order valence-corrected chi connectivity index (χ2v) is 5.88. The van der Waals surface area contributed by atoms with E-state index in [2.05, 4.69) is 11.4 Å². The number of nitrogens with zero attached hydrogens (tertiary/aromatic N) is 1. The molecule has 0 bridgehead atoms. The number of benzene rings is 1. The lowest BCUT2D eigenvalue weighted by molar-refractivity contribution is -0.140. The van der Waals surface area contributed by atoms with Crippen LogP contribution in [0, 0.1) is 11.3 Å². The van der Waals surface area contributed by atoms with Gasteiger partial charge in [-0.15, -0.1) is 0 Å². The number of rotatable bonds is 1. The number of nitrogens with one attached hydrogen (secondary N) is 1. The van der Waals surface area contributed by atoms with Crippen LogP contribution in [0.15, 0.2) is 46.8 Å². The molecule has 24 heavy (non-hydrogen) atoms. The van der Waals surface area contributed by atoms with Crippen LogP contribution in [0.1, 0.15) is 23.5 Å². The number of carbonyl (C=O) groups excluding carboxylic acids is 2. The van der Waals surface area contributed by atoms with Gasteiger partial charge in [-0.3, -0.25) is 4.79 Å². The molecule has 0 aromatic heterocycles. The Hall–Kier alpha value is -2.91. The third-order valence-electron chi connectivity index (χ3n) is 4.46. The Kier molecular flexibility index (Phi) is 3.44. The lowest BCUT2D eigenvalue weighted by atomic mass is 9.77. The first kappa shape index (κ1) is 14.7. The van der Waals surface area contributed by atoms with E-state index < -0.39 is 11.9 Å². The molecule has 1 atom stereocenters. The van der Waals surface area contributed by atoms with Crippen molar-refractivity contribution in [1.29, 1.82) is 5.26 Å². The van der Waals surface area contributed by atoms with Crippen LogP contribution in [0.3, 0.4) is 0 Å². The number of hydrogen-bond acceptors (Lipinski definition) is 6. The molecule has 0 amide bonds. The number of carbonyl (C=O) groups is 2. The zero-order chi connectivity index (χ0) is 16.7. The minimum atomic E-state index is -0.520. The first-order valence-electron chi connectivity index (χ1n) is 7.70. The van der Waals surface area contributed by atoms with Gasteiger partial charge in [-0.05, 0) is 17.7 Å². The van der Waals surface area contributed by atoms with Gasteiger partial charge in [-0.2, -0.15) is 5.26 Å². The van der Waals surface area contributed by atoms with E-state index in [1.54, 1.807) is 18.2 Å². The largest absolute Gasteiger partial charge is 0.462 e. The fourth-order valence-corrected chi connectivity index (χ4v) is 3.46. The third-order valence-corrected chi connectivity index (χ3v) is 4.46. The van der Waals surface area contributed by atoms with Crippen LogP contribution in [-0.2, 0) is 19.1 Å². The van der Waals surface area contributed by atoms with E-state index in [0.29, 0.717) is 42.0 Å². The maximum absolute atomic E-state index is 12.5. The maximum atomic E-state index is 12.5. The monoisotopic (exact) mass is 322 g/mol. The van der Waals surface area contributed by atoms with Gasteiger partial charge < -0.3 is 14.8 Å². The summed E-state index contributed by atoms with van der Waals surface area (Å²) in [4.78, 5) is 24.9. The standard InChI is InChI=1S/C18H14N2O4/c19-7-10-2-1-3-11(6-10)15-16-13(8-23-9-14(16)21)20-12-4-5-24-18(22)17(12)15/h1-3,6,15,20H,4-5,8-9H2. The van der Waals surface area contributed by atoms with E-state index in [1.807, 2.05) is 6.07 Å². The fraction of sp³-hybridized carbons (Fsp3) is 0.278. The van der Waals surface area contributed by atoms with E-state index in [0.717, 1.165) is 11.3 Å². The Balaban J connectivity index is 1.92. The molecule has 3 heterocycles. The van der Waals surface area contributed by atoms with Gasteiger partial charge in [0.25, 0.3) is 0 Å². The van der Waals surface area contributed by atoms with Crippen LogP contribution in [0.4, 0.5) is 0 Å². The molecule has 6 heteroatoms. The molecule has 1 unspecified atom stereocenters. The first-order chi connectivity index (χ1) is 11.7. The summed E-state index contributed by atoms with van der Waals surface area (Å²) in [7, 11) is 0. The van der Waals surface area contributed by atoms with Gasteiger partial charge >= 0.3 is 5.97 Å². The Morgan fingerprint density at radius 2 is 2.04 bits per heavy atom. The van der Waals surface area contributed by atoms with Gasteiger partial charge in [0.1, 0.15) is 6.61 Å². The van der Waals surface area contributed by atoms with E-state index in [1.165, 1.54) is 0 Å². The summed E-state index contributed by atoms with van der Waals surface area (Å²) in [6.45, 7) is 0.612. The summed E-state index contributed by atoms with van der Waals surface area (Å²) in [6, 6.07) is 9.10. The van der Waals surface area contributed by atoms with Crippen molar-refractivity contribution < 1.29 is 19.1 Å². The zero-order valence-electron chi connectivity index (χ0n) is 12.8. The highest BCUT2D eigenvalue weighted by atomic mass is 16.5. The number of cyclic esters (lactones) is 1. The van der Waals surface area contributed by atoms with Crippen LogP contribution < -0.4 is 5.32 Å². The average Bonchev–Trinajstić information content (AvgIpc) is 2.60. The molecule has 0 fully saturated rings. The zero-order valence-corrected chi connectivity index (χ0v) is 12.8. The van der Waals surface area contributed by atoms with Gasteiger partial charge in [-0.1, -0.05) is 12.1 Å². The number of ketones is 1. The Labute approximate surface area is 138 Å². The molecule has 1 aromatic carbocycles.